The number of nitrogens with one attached hydrogen (secondary N) is 1. The van der Waals surface area contributed by atoms with Crippen molar-refractivity contribution in [2.24, 2.45) is 21.5 Å². The van der Waals surface area contributed by atoms with Gasteiger partial charge in [-0.05, 0) is 29.8 Å². The fraction of sp³-hybridized carbons (Fsp3) is 0.133. The van der Waals surface area contributed by atoms with Crippen LogP contribution in [0, 0.1) is 0 Å². The minimum atomic E-state index is -4.36. The SMILES string of the molecule is Cl.NC(=NCc1ccc(C(F)(F)F)cc1)N=C(N)Nc1cccnc1. The van der Waals surface area contributed by atoms with Crippen molar-refractivity contribution >= 4 is 30.0 Å². The Morgan fingerprint density at radius 1 is 1.12 bits per heavy atom. The highest BCUT2D eigenvalue weighted by molar-refractivity contribution is 6.00. The lowest BCUT2D eigenvalue weighted by atomic mass is 10.1. The van der Waals surface area contributed by atoms with Crippen molar-refractivity contribution in [1.29, 1.82) is 0 Å². The molecule has 0 aliphatic carbocycles. The minimum Gasteiger partial charge on any atom is -0.369 e. The van der Waals surface area contributed by atoms with Crippen LogP contribution in [0.25, 0.3) is 0 Å². The molecule has 25 heavy (non-hydrogen) atoms. The lowest BCUT2D eigenvalue weighted by Gasteiger charge is -2.06. The molecule has 10 heteroatoms. The Labute approximate surface area is 148 Å². The third-order valence-corrected chi connectivity index (χ3v) is 2.87. The molecule has 6 nitrogen and oxygen atoms in total. The smallest absolute Gasteiger partial charge is 0.369 e. The van der Waals surface area contributed by atoms with E-state index in [0.717, 1.165) is 12.1 Å². The molecule has 1 heterocycles. The zero-order valence-corrected chi connectivity index (χ0v) is 13.7. The van der Waals surface area contributed by atoms with Gasteiger partial charge in [0.05, 0.1) is 24.0 Å². The Kier molecular flexibility index (Phi) is 7.19. The maximum Gasteiger partial charge on any atom is 0.416 e. The minimum absolute atomic E-state index is 0. The highest BCUT2D eigenvalue weighted by Gasteiger charge is 2.29. The molecule has 0 saturated carbocycles. The van der Waals surface area contributed by atoms with Gasteiger partial charge in [-0.15, -0.1) is 12.4 Å². The zero-order valence-electron chi connectivity index (χ0n) is 12.9. The van der Waals surface area contributed by atoms with Gasteiger partial charge in [0.25, 0.3) is 0 Å². The predicted octanol–water partition coefficient (Wildman–Crippen LogP) is 2.76. The van der Waals surface area contributed by atoms with Gasteiger partial charge < -0.3 is 16.8 Å². The molecule has 0 aliphatic rings. The molecule has 0 fully saturated rings. The van der Waals surface area contributed by atoms with Gasteiger partial charge in [-0.2, -0.15) is 18.2 Å². The lowest BCUT2D eigenvalue weighted by molar-refractivity contribution is -0.137. The number of hydrogen-bond donors (Lipinski definition) is 3. The summed E-state index contributed by atoms with van der Waals surface area (Å²) in [6, 6.07) is 8.11. The maximum absolute atomic E-state index is 12.5. The quantitative estimate of drug-likeness (QED) is 0.569. The molecule has 0 aliphatic heterocycles. The Morgan fingerprint density at radius 2 is 1.80 bits per heavy atom. The molecule has 134 valence electrons. The number of hydrogen-bond acceptors (Lipinski definition) is 2. The topological polar surface area (TPSA) is 102 Å². The third kappa shape index (κ3) is 6.68. The van der Waals surface area contributed by atoms with Crippen LogP contribution in [0.3, 0.4) is 0 Å². The van der Waals surface area contributed by atoms with E-state index in [1.807, 2.05) is 0 Å². The zero-order chi connectivity index (χ0) is 17.6. The van der Waals surface area contributed by atoms with Crippen LogP contribution in [-0.4, -0.2) is 16.9 Å². The van der Waals surface area contributed by atoms with E-state index >= 15 is 0 Å². The average Bonchev–Trinajstić information content (AvgIpc) is 2.53. The Hall–Kier alpha value is -2.81. The number of pyridine rings is 1. The summed E-state index contributed by atoms with van der Waals surface area (Å²) in [5.74, 6) is -0.0690. The molecule has 2 rings (SSSR count). The Balaban J connectivity index is 0.00000312. The summed E-state index contributed by atoms with van der Waals surface area (Å²) in [5, 5.41) is 2.77. The number of guanidine groups is 2. The van der Waals surface area contributed by atoms with Gasteiger partial charge in [0.15, 0.2) is 0 Å². The van der Waals surface area contributed by atoms with Crippen molar-refractivity contribution < 1.29 is 13.2 Å². The van der Waals surface area contributed by atoms with Crippen LogP contribution in [0.1, 0.15) is 11.1 Å². The standard InChI is InChI=1S/C15H15F3N6.ClH/c16-15(17,18)11-5-3-10(4-6-11)8-22-13(19)24-14(20)23-12-2-1-7-21-9-12;/h1-7,9H,8H2,(H5,19,20,22,23,24);1H. The molecule has 1 aromatic carbocycles. The molecular weight excluding hydrogens is 357 g/mol. The number of alkyl halides is 3. The fourth-order valence-corrected chi connectivity index (χ4v) is 1.74. The monoisotopic (exact) mass is 372 g/mol. The third-order valence-electron chi connectivity index (χ3n) is 2.87. The van der Waals surface area contributed by atoms with E-state index in [4.69, 9.17) is 11.5 Å². The van der Waals surface area contributed by atoms with Crippen molar-refractivity contribution in [1.82, 2.24) is 4.98 Å². The van der Waals surface area contributed by atoms with E-state index in [0.29, 0.717) is 11.3 Å². The number of aromatic nitrogens is 1. The largest absolute Gasteiger partial charge is 0.416 e. The Morgan fingerprint density at radius 3 is 2.36 bits per heavy atom. The van der Waals surface area contributed by atoms with E-state index < -0.39 is 11.7 Å². The number of rotatable bonds is 3. The molecule has 0 spiro atoms. The highest BCUT2D eigenvalue weighted by atomic mass is 35.5. The van der Waals surface area contributed by atoms with Crippen LogP contribution in [-0.2, 0) is 12.7 Å². The summed E-state index contributed by atoms with van der Waals surface area (Å²) < 4.78 is 37.4. The van der Waals surface area contributed by atoms with E-state index in [2.05, 4.69) is 20.3 Å². The van der Waals surface area contributed by atoms with Crippen LogP contribution in [0.4, 0.5) is 18.9 Å². The van der Waals surface area contributed by atoms with Crippen molar-refractivity contribution in [3.8, 4) is 0 Å². The van der Waals surface area contributed by atoms with Crippen LogP contribution in [0.15, 0.2) is 58.8 Å². The van der Waals surface area contributed by atoms with Crippen LogP contribution < -0.4 is 16.8 Å². The molecule has 0 unspecified atom stereocenters. The van der Waals surface area contributed by atoms with E-state index in [1.54, 1.807) is 24.5 Å². The van der Waals surface area contributed by atoms with Gasteiger partial charge in [-0.1, -0.05) is 12.1 Å². The van der Waals surface area contributed by atoms with Gasteiger partial charge in [0.2, 0.25) is 11.9 Å². The highest BCUT2D eigenvalue weighted by Crippen LogP contribution is 2.29. The Bertz CT molecular complexity index is 729. The molecule has 0 saturated heterocycles. The van der Waals surface area contributed by atoms with Crippen LogP contribution in [0.5, 0.6) is 0 Å². The number of halogens is 4. The molecule has 0 bridgehead atoms. The maximum atomic E-state index is 12.5. The number of nitrogens with two attached hydrogens (primary N) is 2. The predicted molar refractivity (Wildman–Crippen MR) is 93.5 cm³/mol. The molecule has 2 aromatic rings. The molecule has 0 radical (unpaired) electrons. The van der Waals surface area contributed by atoms with Crippen LogP contribution in [0.2, 0.25) is 0 Å². The second-order valence-corrected chi connectivity index (χ2v) is 4.73. The van der Waals surface area contributed by atoms with Gasteiger partial charge >= 0.3 is 6.18 Å². The summed E-state index contributed by atoms with van der Waals surface area (Å²) in [6.45, 7) is 0.0909. The second-order valence-electron chi connectivity index (χ2n) is 4.73. The van der Waals surface area contributed by atoms with Gasteiger partial charge in [-0.25, -0.2) is 4.99 Å². The molecule has 0 amide bonds. The number of nitrogens with zero attached hydrogens (tertiary/aromatic N) is 3. The van der Waals surface area contributed by atoms with Gasteiger partial charge in [-0.3, -0.25) is 4.98 Å². The fourth-order valence-electron chi connectivity index (χ4n) is 1.74. The van der Waals surface area contributed by atoms with Gasteiger partial charge in [0, 0.05) is 6.20 Å². The van der Waals surface area contributed by atoms with E-state index in [9.17, 15) is 13.2 Å². The molecule has 0 atom stereocenters. The number of aliphatic imine (C=N–C) groups is 2. The van der Waals surface area contributed by atoms with Crippen molar-refractivity contribution in [2.75, 3.05) is 5.32 Å². The first-order valence-corrected chi connectivity index (χ1v) is 6.82. The van der Waals surface area contributed by atoms with E-state index in [-0.39, 0.29) is 30.9 Å². The first kappa shape index (κ1) is 20.2. The van der Waals surface area contributed by atoms with E-state index in [1.165, 1.54) is 12.1 Å². The summed E-state index contributed by atoms with van der Waals surface area (Å²) in [6.07, 6.45) is -1.20. The number of benzene rings is 1. The van der Waals surface area contributed by atoms with Crippen molar-refractivity contribution in [3.05, 3.63) is 59.9 Å². The molecule has 1 aromatic heterocycles. The normalized spacial score (nSPS) is 12.4. The summed E-state index contributed by atoms with van der Waals surface area (Å²) in [4.78, 5) is 11.7. The summed E-state index contributed by atoms with van der Waals surface area (Å²) >= 11 is 0. The summed E-state index contributed by atoms with van der Waals surface area (Å²) in [5.41, 5.74) is 11.8. The summed E-state index contributed by atoms with van der Waals surface area (Å²) in [7, 11) is 0. The first-order chi connectivity index (χ1) is 11.3. The first-order valence-electron chi connectivity index (χ1n) is 6.82. The molecule has 5 N–H and O–H groups in total. The van der Waals surface area contributed by atoms with Gasteiger partial charge in [0.1, 0.15) is 0 Å². The molecular formula is C15H16ClF3N6. The average molecular weight is 373 g/mol. The van der Waals surface area contributed by atoms with Crippen LogP contribution >= 0.6 is 12.4 Å². The van der Waals surface area contributed by atoms with Crippen molar-refractivity contribution in [2.45, 2.75) is 12.7 Å². The number of anilines is 1. The lowest BCUT2D eigenvalue weighted by Crippen LogP contribution is -2.26. The van der Waals surface area contributed by atoms with Crippen molar-refractivity contribution in [3.63, 3.8) is 0 Å². The second kappa shape index (κ2) is 8.88.